The predicted octanol–water partition coefficient (Wildman–Crippen LogP) is 1.81. The van der Waals surface area contributed by atoms with Gasteiger partial charge in [0.15, 0.2) is 0 Å². The van der Waals surface area contributed by atoms with Gasteiger partial charge in [-0.05, 0) is 30.2 Å². The fourth-order valence-electron chi connectivity index (χ4n) is 3.41. The molecular weight excluding hydrogens is 382 g/mol. The van der Waals surface area contributed by atoms with E-state index in [1.807, 2.05) is 55.5 Å². The van der Waals surface area contributed by atoms with E-state index in [0.717, 1.165) is 35.5 Å². The molecule has 7 nitrogen and oxygen atoms in total. The van der Waals surface area contributed by atoms with Crippen LogP contribution in [0.5, 0.6) is 5.75 Å². The third kappa shape index (κ3) is 6.05. The second kappa shape index (κ2) is 10.8. The number of morpholine rings is 1. The zero-order valence-corrected chi connectivity index (χ0v) is 17.5. The van der Waals surface area contributed by atoms with Gasteiger partial charge < -0.3 is 20.1 Å². The largest absolute Gasteiger partial charge is 0.497 e. The van der Waals surface area contributed by atoms with E-state index in [0.29, 0.717) is 26.3 Å². The van der Waals surface area contributed by atoms with Gasteiger partial charge in [-0.2, -0.15) is 0 Å². The van der Waals surface area contributed by atoms with Crippen molar-refractivity contribution in [2.75, 3.05) is 40.0 Å². The first kappa shape index (κ1) is 21.8. The lowest BCUT2D eigenvalue weighted by molar-refractivity contribution is -0.139. The molecule has 1 aliphatic rings. The third-order valence-corrected chi connectivity index (χ3v) is 5.22. The molecule has 160 valence electrons. The van der Waals surface area contributed by atoms with Gasteiger partial charge in [0.1, 0.15) is 5.75 Å². The lowest BCUT2D eigenvalue weighted by Crippen LogP contribution is -2.46. The van der Waals surface area contributed by atoms with Gasteiger partial charge in [0, 0.05) is 26.2 Å². The van der Waals surface area contributed by atoms with Gasteiger partial charge >= 0.3 is 11.8 Å². The first-order valence-corrected chi connectivity index (χ1v) is 10.1. The van der Waals surface area contributed by atoms with E-state index in [2.05, 4.69) is 15.5 Å². The number of hydrogen-bond donors (Lipinski definition) is 2. The van der Waals surface area contributed by atoms with Crippen molar-refractivity contribution in [3.05, 3.63) is 65.2 Å². The minimum Gasteiger partial charge on any atom is -0.497 e. The lowest BCUT2D eigenvalue weighted by Gasteiger charge is -2.34. The summed E-state index contributed by atoms with van der Waals surface area (Å²) >= 11 is 0. The van der Waals surface area contributed by atoms with Crippen LogP contribution < -0.4 is 15.4 Å². The van der Waals surface area contributed by atoms with Crippen LogP contribution in [0.1, 0.15) is 22.7 Å². The number of carbonyl (C=O) groups is 2. The average molecular weight is 412 g/mol. The van der Waals surface area contributed by atoms with E-state index in [1.54, 1.807) is 7.11 Å². The summed E-state index contributed by atoms with van der Waals surface area (Å²) in [6.45, 7) is 5.50. The van der Waals surface area contributed by atoms with Gasteiger partial charge in [-0.15, -0.1) is 0 Å². The molecule has 1 fully saturated rings. The number of carbonyl (C=O) groups excluding carboxylic acids is 2. The molecule has 2 N–H and O–H groups in total. The quantitative estimate of drug-likeness (QED) is 0.680. The highest BCUT2D eigenvalue weighted by Crippen LogP contribution is 2.23. The standard InChI is InChI=1S/C23H29N3O4/c1-17-3-5-18(6-4-17)15-24-22(27)23(28)25-16-21(26-11-13-30-14-12-26)19-7-9-20(29-2)10-8-19/h3-10,21H,11-16H2,1-2H3,(H,24,27)(H,25,28). The fraction of sp³-hybridized carbons (Fsp3) is 0.391. The number of ether oxygens (including phenoxy) is 2. The maximum Gasteiger partial charge on any atom is 0.309 e. The molecule has 1 unspecified atom stereocenters. The molecule has 1 saturated heterocycles. The molecule has 1 atom stereocenters. The van der Waals surface area contributed by atoms with Crippen LogP contribution in [-0.2, 0) is 20.9 Å². The van der Waals surface area contributed by atoms with Crippen molar-refractivity contribution in [2.24, 2.45) is 0 Å². The molecule has 1 aliphatic heterocycles. The summed E-state index contributed by atoms with van der Waals surface area (Å²) in [5.74, 6) is -0.487. The van der Waals surface area contributed by atoms with Crippen LogP contribution in [0, 0.1) is 6.92 Å². The van der Waals surface area contributed by atoms with Crippen molar-refractivity contribution in [3.63, 3.8) is 0 Å². The van der Waals surface area contributed by atoms with Gasteiger partial charge in [0.05, 0.1) is 26.4 Å². The monoisotopic (exact) mass is 411 g/mol. The van der Waals surface area contributed by atoms with Crippen LogP contribution in [0.25, 0.3) is 0 Å². The Kier molecular flexibility index (Phi) is 7.82. The first-order chi connectivity index (χ1) is 14.6. The summed E-state index contributed by atoms with van der Waals surface area (Å²) in [6.07, 6.45) is 0. The van der Waals surface area contributed by atoms with Crippen molar-refractivity contribution in [3.8, 4) is 5.75 Å². The molecule has 7 heteroatoms. The maximum absolute atomic E-state index is 12.4. The smallest absolute Gasteiger partial charge is 0.309 e. The van der Waals surface area contributed by atoms with E-state index < -0.39 is 11.8 Å². The number of aryl methyl sites for hydroxylation is 1. The van der Waals surface area contributed by atoms with Crippen LogP contribution in [0.2, 0.25) is 0 Å². The minimum absolute atomic E-state index is 0.0475. The Morgan fingerprint density at radius 3 is 2.27 bits per heavy atom. The van der Waals surface area contributed by atoms with Crippen LogP contribution >= 0.6 is 0 Å². The molecule has 3 rings (SSSR count). The molecule has 0 aliphatic carbocycles. The number of nitrogens with one attached hydrogen (secondary N) is 2. The number of rotatable bonds is 7. The highest BCUT2D eigenvalue weighted by atomic mass is 16.5. The van der Waals surface area contributed by atoms with Crippen molar-refractivity contribution >= 4 is 11.8 Å². The van der Waals surface area contributed by atoms with E-state index in [9.17, 15) is 9.59 Å². The summed E-state index contributed by atoms with van der Waals surface area (Å²) in [4.78, 5) is 26.8. The highest BCUT2D eigenvalue weighted by Gasteiger charge is 2.24. The summed E-state index contributed by atoms with van der Waals surface area (Å²) in [5.41, 5.74) is 3.15. The second-order valence-electron chi connectivity index (χ2n) is 7.32. The van der Waals surface area contributed by atoms with Crippen molar-refractivity contribution in [1.29, 1.82) is 0 Å². The second-order valence-corrected chi connectivity index (χ2v) is 7.32. The van der Waals surface area contributed by atoms with Gasteiger partial charge in [-0.25, -0.2) is 0 Å². The zero-order chi connectivity index (χ0) is 21.3. The Labute approximate surface area is 177 Å². The molecule has 0 aromatic heterocycles. The first-order valence-electron chi connectivity index (χ1n) is 10.1. The Hall–Kier alpha value is -2.90. The van der Waals surface area contributed by atoms with Gasteiger partial charge in [0.2, 0.25) is 0 Å². The molecule has 0 spiro atoms. The number of hydrogen-bond acceptors (Lipinski definition) is 5. The van der Waals surface area contributed by atoms with Gasteiger partial charge in [-0.3, -0.25) is 14.5 Å². The zero-order valence-electron chi connectivity index (χ0n) is 17.5. The van der Waals surface area contributed by atoms with E-state index in [-0.39, 0.29) is 6.04 Å². The average Bonchev–Trinajstić information content (AvgIpc) is 2.79. The summed E-state index contributed by atoms with van der Waals surface area (Å²) in [6, 6.07) is 15.6. The normalized spacial score (nSPS) is 15.3. The lowest BCUT2D eigenvalue weighted by atomic mass is 10.0. The number of amides is 2. The molecular formula is C23H29N3O4. The third-order valence-electron chi connectivity index (χ3n) is 5.22. The predicted molar refractivity (Wildman–Crippen MR) is 114 cm³/mol. The molecule has 30 heavy (non-hydrogen) atoms. The van der Waals surface area contributed by atoms with Crippen LogP contribution in [-0.4, -0.2) is 56.7 Å². The molecule has 0 bridgehead atoms. The summed E-state index contributed by atoms with van der Waals surface area (Å²) in [7, 11) is 1.63. The summed E-state index contributed by atoms with van der Waals surface area (Å²) in [5, 5.41) is 5.46. The molecule has 0 saturated carbocycles. The Balaban J connectivity index is 1.58. The minimum atomic E-state index is -0.633. The van der Waals surface area contributed by atoms with Crippen molar-refractivity contribution in [2.45, 2.75) is 19.5 Å². The SMILES string of the molecule is COc1ccc(C(CNC(=O)C(=O)NCc2ccc(C)cc2)N2CCOCC2)cc1. The Morgan fingerprint density at radius 1 is 1.00 bits per heavy atom. The van der Waals surface area contributed by atoms with Gasteiger partial charge in [0.25, 0.3) is 0 Å². The molecule has 0 radical (unpaired) electrons. The van der Waals surface area contributed by atoms with E-state index in [4.69, 9.17) is 9.47 Å². The highest BCUT2D eigenvalue weighted by molar-refractivity contribution is 6.35. The molecule has 2 amide bonds. The van der Waals surface area contributed by atoms with Crippen LogP contribution in [0.15, 0.2) is 48.5 Å². The van der Waals surface area contributed by atoms with E-state index >= 15 is 0 Å². The fourth-order valence-corrected chi connectivity index (χ4v) is 3.41. The van der Waals surface area contributed by atoms with Crippen LogP contribution in [0.3, 0.4) is 0 Å². The van der Waals surface area contributed by atoms with Crippen molar-refractivity contribution < 1.29 is 19.1 Å². The van der Waals surface area contributed by atoms with Crippen LogP contribution in [0.4, 0.5) is 0 Å². The number of benzene rings is 2. The number of methoxy groups -OCH3 is 1. The summed E-state index contributed by atoms with van der Waals surface area (Å²) < 4.78 is 10.7. The molecule has 1 heterocycles. The van der Waals surface area contributed by atoms with E-state index in [1.165, 1.54) is 0 Å². The van der Waals surface area contributed by atoms with Gasteiger partial charge in [-0.1, -0.05) is 42.0 Å². The Bertz CT molecular complexity index is 831. The number of nitrogens with zero attached hydrogens (tertiary/aromatic N) is 1. The topological polar surface area (TPSA) is 79.9 Å². The molecule has 2 aromatic carbocycles. The van der Waals surface area contributed by atoms with Crippen molar-refractivity contribution in [1.82, 2.24) is 15.5 Å². The Morgan fingerprint density at radius 2 is 1.63 bits per heavy atom. The maximum atomic E-state index is 12.4. The molecule has 2 aromatic rings.